The summed E-state index contributed by atoms with van der Waals surface area (Å²) in [6, 6.07) is 10.1. The van der Waals surface area contributed by atoms with Crippen molar-refractivity contribution >= 4 is 5.69 Å². The SMILES string of the molecule is CNc1ccc(Oc2nc(C)cc(C(C)C)n2)cc1. The van der Waals surface area contributed by atoms with Gasteiger partial charge in [-0.2, -0.15) is 4.98 Å². The van der Waals surface area contributed by atoms with E-state index in [0.717, 1.165) is 22.8 Å². The fourth-order valence-electron chi connectivity index (χ4n) is 1.70. The first-order chi connectivity index (χ1) is 9.08. The van der Waals surface area contributed by atoms with Crippen LogP contribution in [0.3, 0.4) is 0 Å². The van der Waals surface area contributed by atoms with Crippen LogP contribution in [0.15, 0.2) is 30.3 Å². The molecule has 2 aromatic rings. The Bertz CT molecular complexity index is 550. The number of anilines is 1. The average molecular weight is 257 g/mol. The lowest BCUT2D eigenvalue weighted by molar-refractivity contribution is 0.436. The Morgan fingerprint density at radius 2 is 1.79 bits per heavy atom. The lowest BCUT2D eigenvalue weighted by Crippen LogP contribution is -2.00. The van der Waals surface area contributed by atoms with Gasteiger partial charge < -0.3 is 10.1 Å². The van der Waals surface area contributed by atoms with Crippen LogP contribution in [0.4, 0.5) is 5.69 Å². The van der Waals surface area contributed by atoms with Crippen molar-refractivity contribution in [2.45, 2.75) is 26.7 Å². The molecular weight excluding hydrogens is 238 g/mol. The second kappa shape index (κ2) is 5.69. The van der Waals surface area contributed by atoms with E-state index in [1.807, 2.05) is 44.3 Å². The van der Waals surface area contributed by atoms with Crippen molar-refractivity contribution in [2.24, 2.45) is 0 Å². The summed E-state index contributed by atoms with van der Waals surface area (Å²) in [5.41, 5.74) is 2.95. The van der Waals surface area contributed by atoms with Crippen LogP contribution in [0.1, 0.15) is 31.2 Å². The van der Waals surface area contributed by atoms with Gasteiger partial charge in [-0.1, -0.05) is 13.8 Å². The quantitative estimate of drug-likeness (QED) is 0.906. The van der Waals surface area contributed by atoms with E-state index in [4.69, 9.17) is 4.74 Å². The van der Waals surface area contributed by atoms with Gasteiger partial charge in [0.15, 0.2) is 0 Å². The predicted molar refractivity (Wildman–Crippen MR) is 76.9 cm³/mol. The summed E-state index contributed by atoms with van der Waals surface area (Å²) in [6.45, 7) is 6.16. The maximum absolute atomic E-state index is 5.70. The second-order valence-corrected chi connectivity index (χ2v) is 4.75. The minimum absolute atomic E-state index is 0.357. The second-order valence-electron chi connectivity index (χ2n) is 4.75. The average Bonchev–Trinajstić information content (AvgIpc) is 2.39. The van der Waals surface area contributed by atoms with Crippen LogP contribution in [0, 0.1) is 6.92 Å². The van der Waals surface area contributed by atoms with E-state index in [0.29, 0.717) is 11.9 Å². The number of hydrogen-bond donors (Lipinski definition) is 1. The highest BCUT2D eigenvalue weighted by molar-refractivity contribution is 5.46. The van der Waals surface area contributed by atoms with Crippen molar-refractivity contribution < 1.29 is 4.74 Å². The van der Waals surface area contributed by atoms with Gasteiger partial charge >= 0.3 is 6.01 Å². The number of rotatable bonds is 4. The monoisotopic (exact) mass is 257 g/mol. The molecule has 100 valence electrons. The molecule has 0 aliphatic heterocycles. The molecule has 4 nitrogen and oxygen atoms in total. The minimum atomic E-state index is 0.357. The number of aromatic nitrogens is 2. The third kappa shape index (κ3) is 3.44. The molecule has 2 rings (SSSR count). The molecule has 0 atom stereocenters. The molecule has 1 aromatic carbocycles. The summed E-state index contributed by atoms with van der Waals surface area (Å²) in [4.78, 5) is 8.73. The van der Waals surface area contributed by atoms with Crippen LogP contribution in [0.25, 0.3) is 0 Å². The van der Waals surface area contributed by atoms with Gasteiger partial charge in [-0.05, 0) is 43.2 Å². The largest absolute Gasteiger partial charge is 0.424 e. The van der Waals surface area contributed by atoms with Crippen molar-refractivity contribution in [3.63, 3.8) is 0 Å². The van der Waals surface area contributed by atoms with Crippen LogP contribution in [-0.4, -0.2) is 17.0 Å². The van der Waals surface area contributed by atoms with Gasteiger partial charge in [-0.25, -0.2) is 4.98 Å². The summed E-state index contributed by atoms with van der Waals surface area (Å²) < 4.78 is 5.70. The van der Waals surface area contributed by atoms with Crippen LogP contribution in [0.5, 0.6) is 11.8 Å². The molecule has 0 bridgehead atoms. The summed E-state index contributed by atoms with van der Waals surface area (Å²) in [5, 5.41) is 3.06. The molecule has 0 aliphatic rings. The Balaban J connectivity index is 2.22. The van der Waals surface area contributed by atoms with Crippen LogP contribution in [-0.2, 0) is 0 Å². The highest BCUT2D eigenvalue weighted by Gasteiger charge is 2.07. The number of hydrogen-bond acceptors (Lipinski definition) is 4. The van der Waals surface area contributed by atoms with Gasteiger partial charge in [0.1, 0.15) is 5.75 Å². The maximum Gasteiger partial charge on any atom is 0.322 e. The lowest BCUT2D eigenvalue weighted by Gasteiger charge is -2.09. The summed E-state index contributed by atoms with van der Waals surface area (Å²) in [5.74, 6) is 1.09. The van der Waals surface area contributed by atoms with E-state index < -0.39 is 0 Å². The number of nitrogens with zero attached hydrogens (tertiary/aromatic N) is 2. The van der Waals surface area contributed by atoms with Crippen LogP contribution in [0.2, 0.25) is 0 Å². The van der Waals surface area contributed by atoms with E-state index in [1.54, 1.807) is 0 Å². The lowest BCUT2D eigenvalue weighted by atomic mass is 10.1. The highest BCUT2D eigenvalue weighted by atomic mass is 16.5. The highest BCUT2D eigenvalue weighted by Crippen LogP contribution is 2.22. The Morgan fingerprint density at radius 3 is 2.37 bits per heavy atom. The molecular formula is C15H19N3O. The smallest absolute Gasteiger partial charge is 0.322 e. The first kappa shape index (κ1) is 13.3. The minimum Gasteiger partial charge on any atom is -0.424 e. The fraction of sp³-hybridized carbons (Fsp3) is 0.333. The summed E-state index contributed by atoms with van der Waals surface area (Å²) >= 11 is 0. The molecule has 0 saturated carbocycles. The normalized spacial score (nSPS) is 10.6. The molecule has 0 fully saturated rings. The standard InChI is InChI=1S/C15H19N3O/c1-10(2)14-9-11(3)17-15(18-14)19-13-7-5-12(16-4)6-8-13/h5-10,16H,1-4H3. The Morgan fingerprint density at radius 1 is 1.11 bits per heavy atom. The van der Waals surface area contributed by atoms with E-state index in [1.165, 1.54) is 0 Å². The van der Waals surface area contributed by atoms with Gasteiger partial charge in [0, 0.05) is 18.4 Å². The molecule has 1 heterocycles. The van der Waals surface area contributed by atoms with Gasteiger partial charge in [-0.3, -0.25) is 0 Å². The van der Waals surface area contributed by atoms with Gasteiger partial charge in [0.25, 0.3) is 0 Å². The van der Waals surface area contributed by atoms with E-state index in [2.05, 4.69) is 29.1 Å². The topological polar surface area (TPSA) is 47.0 Å². The number of aryl methyl sites for hydroxylation is 1. The first-order valence-corrected chi connectivity index (χ1v) is 6.39. The van der Waals surface area contributed by atoms with E-state index >= 15 is 0 Å². The molecule has 0 spiro atoms. The molecule has 0 amide bonds. The number of nitrogens with one attached hydrogen (secondary N) is 1. The number of benzene rings is 1. The molecule has 0 saturated heterocycles. The van der Waals surface area contributed by atoms with Crippen molar-refractivity contribution in [1.29, 1.82) is 0 Å². The Kier molecular flexibility index (Phi) is 4.00. The molecule has 0 unspecified atom stereocenters. The Labute approximate surface area is 113 Å². The third-order valence-electron chi connectivity index (χ3n) is 2.80. The zero-order valence-corrected chi connectivity index (χ0v) is 11.8. The zero-order valence-electron chi connectivity index (χ0n) is 11.8. The van der Waals surface area contributed by atoms with Gasteiger partial charge in [0.05, 0.1) is 5.69 Å². The maximum atomic E-state index is 5.70. The van der Waals surface area contributed by atoms with Crippen molar-refractivity contribution in [1.82, 2.24) is 9.97 Å². The third-order valence-corrected chi connectivity index (χ3v) is 2.80. The van der Waals surface area contributed by atoms with Crippen molar-refractivity contribution in [3.05, 3.63) is 41.7 Å². The first-order valence-electron chi connectivity index (χ1n) is 6.39. The number of ether oxygens (including phenoxy) is 1. The zero-order chi connectivity index (χ0) is 13.8. The molecule has 1 aromatic heterocycles. The van der Waals surface area contributed by atoms with Crippen molar-refractivity contribution in [2.75, 3.05) is 12.4 Å². The predicted octanol–water partition coefficient (Wildman–Crippen LogP) is 3.74. The van der Waals surface area contributed by atoms with Gasteiger partial charge in [-0.15, -0.1) is 0 Å². The Hall–Kier alpha value is -2.10. The van der Waals surface area contributed by atoms with Crippen LogP contribution >= 0.6 is 0 Å². The van der Waals surface area contributed by atoms with E-state index in [9.17, 15) is 0 Å². The van der Waals surface area contributed by atoms with Crippen molar-refractivity contribution in [3.8, 4) is 11.8 Å². The molecule has 4 heteroatoms. The van der Waals surface area contributed by atoms with E-state index in [-0.39, 0.29) is 0 Å². The fourth-order valence-corrected chi connectivity index (χ4v) is 1.70. The summed E-state index contributed by atoms with van der Waals surface area (Å²) in [6.07, 6.45) is 0. The molecule has 1 N–H and O–H groups in total. The summed E-state index contributed by atoms with van der Waals surface area (Å²) in [7, 11) is 1.88. The molecule has 0 aliphatic carbocycles. The molecule has 0 radical (unpaired) electrons. The van der Waals surface area contributed by atoms with Crippen LogP contribution < -0.4 is 10.1 Å². The molecule has 19 heavy (non-hydrogen) atoms. The van der Waals surface area contributed by atoms with Gasteiger partial charge in [0.2, 0.25) is 0 Å².